The van der Waals surface area contributed by atoms with Crippen LogP contribution in [-0.2, 0) is 5.92 Å². The predicted molar refractivity (Wildman–Crippen MR) is 65.0 cm³/mol. The fourth-order valence-corrected chi connectivity index (χ4v) is 1.32. The maximum Gasteiger partial charge on any atom is 0.270 e. The van der Waals surface area contributed by atoms with E-state index in [1.54, 1.807) is 0 Å². The van der Waals surface area contributed by atoms with Crippen LogP contribution in [0.1, 0.15) is 18.1 Å². The second-order valence-electron chi connectivity index (χ2n) is 3.47. The molecule has 0 fully saturated rings. The highest BCUT2D eigenvalue weighted by atomic mass is 32.1. The van der Waals surface area contributed by atoms with Crippen molar-refractivity contribution in [2.45, 2.75) is 12.8 Å². The van der Waals surface area contributed by atoms with Crippen LogP contribution in [0.15, 0.2) is 30.3 Å². The van der Waals surface area contributed by atoms with Crippen molar-refractivity contribution in [3.63, 3.8) is 0 Å². The molecule has 0 aliphatic heterocycles. The van der Waals surface area contributed by atoms with Gasteiger partial charge in [-0.3, -0.25) is 0 Å². The lowest BCUT2D eigenvalue weighted by Gasteiger charge is -2.11. The van der Waals surface area contributed by atoms with Crippen LogP contribution in [0.25, 0.3) is 5.70 Å². The van der Waals surface area contributed by atoms with Crippen LogP contribution in [0.4, 0.5) is 8.78 Å². The van der Waals surface area contributed by atoms with Crippen molar-refractivity contribution in [3.8, 4) is 0 Å². The Balaban J connectivity index is 3.00. The van der Waals surface area contributed by atoms with Gasteiger partial charge in [-0.15, -0.1) is 0 Å². The van der Waals surface area contributed by atoms with E-state index in [1.165, 1.54) is 30.3 Å². The summed E-state index contributed by atoms with van der Waals surface area (Å²) < 4.78 is 25.8. The van der Waals surface area contributed by atoms with E-state index < -0.39 is 5.92 Å². The minimum atomic E-state index is -2.85. The summed E-state index contributed by atoms with van der Waals surface area (Å²) in [6.07, 6.45) is 1.41. The van der Waals surface area contributed by atoms with Gasteiger partial charge in [0.2, 0.25) is 0 Å². The van der Waals surface area contributed by atoms with Gasteiger partial charge in [-0.25, -0.2) is 8.78 Å². The highest BCUT2D eigenvalue weighted by molar-refractivity contribution is 7.80. The molecule has 0 unspecified atom stereocenters. The minimum Gasteiger partial charge on any atom is -0.398 e. The molecule has 0 atom stereocenters. The van der Waals surface area contributed by atoms with E-state index in [9.17, 15) is 8.78 Å². The van der Waals surface area contributed by atoms with Gasteiger partial charge in [0, 0.05) is 18.2 Å². The summed E-state index contributed by atoms with van der Waals surface area (Å²) in [4.78, 5) is 0.155. The lowest BCUT2D eigenvalue weighted by Crippen LogP contribution is -2.09. The van der Waals surface area contributed by atoms with E-state index in [0.29, 0.717) is 11.3 Å². The number of halogens is 2. The normalized spacial score (nSPS) is 12.6. The highest BCUT2D eigenvalue weighted by Crippen LogP contribution is 2.27. The molecular weight excluding hydrogens is 230 g/mol. The highest BCUT2D eigenvalue weighted by Gasteiger charge is 2.23. The summed E-state index contributed by atoms with van der Waals surface area (Å²) in [5, 5.41) is 0. The largest absolute Gasteiger partial charge is 0.398 e. The van der Waals surface area contributed by atoms with Crippen molar-refractivity contribution in [1.82, 2.24) is 0 Å². The second kappa shape index (κ2) is 4.57. The lowest BCUT2D eigenvalue weighted by atomic mass is 10.1. The van der Waals surface area contributed by atoms with Crippen LogP contribution in [0.5, 0.6) is 0 Å². The van der Waals surface area contributed by atoms with Crippen LogP contribution < -0.4 is 11.5 Å². The Morgan fingerprint density at radius 2 is 1.75 bits per heavy atom. The van der Waals surface area contributed by atoms with E-state index in [-0.39, 0.29) is 10.6 Å². The Labute approximate surface area is 97.9 Å². The number of benzene rings is 1. The molecule has 1 aromatic carbocycles. The standard InChI is InChI=1S/C11H12F2N2S/c1-11(12,13)8-4-2-7(3-5-8)9(14)6-10(15)16/h2-6H,14H2,1H3,(H2,15,16). The average Bonchev–Trinajstić information content (AvgIpc) is 2.15. The third-order valence-corrected chi connectivity index (χ3v) is 2.14. The van der Waals surface area contributed by atoms with E-state index in [2.05, 4.69) is 12.2 Å². The Morgan fingerprint density at radius 1 is 1.25 bits per heavy atom. The smallest absolute Gasteiger partial charge is 0.270 e. The quantitative estimate of drug-likeness (QED) is 0.632. The van der Waals surface area contributed by atoms with Gasteiger partial charge < -0.3 is 11.5 Å². The van der Waals surface area contributed by atoms with Crippen LogP contribution in [0.2, 0.25) is 0 Å². The molecule has 0 amide bonds. The first kappa shape index (κ1) is 12.6. The van der Waals surface area contributed by atoms with E-state index in [0.717, 1.165) is 6.92 Å². The van der Waals surface area contributed by atoms with Crippen molar-refractivity contribution in [2.75, 3.05) is 0 Å². The van der Waals surface area contributed by atoms with Crippen molar-refractivity contribution >= 4 is 22.9 Å². The Kier molecular flexibility index (Phi) is 3.59. The number of rotatable bonds is 3. The van der Waals surface area contributed by atoms with Crippen LogP contribution in [0.3, 0.4) is 0 Å². The molecule has 0 spiro atoms. The molecule has 0 saturated heterocycles. The third kappa shape index (κ3) is 3.27. The fraction of sp³-hybridized carbons (Fsp3) is 0.182. The van der Waals surface area contributed by atoms with Gasteiger partial charge in [0.25, 0.3) is 5.92 Å². The van der Waals surface area contributed by atoms with Gasteiger partial charge in [-0.1, -0.05) is 36.5 Å². The maximum absolute atomic E-state index is 12.9. The Hall–Kier alpha value is -1.49. The zero-order valence-corrected chi connectivity index (χ0v) is 9.52. The molecule has 0 heterocycles. The monoisotopic (exact) mass is 242 g/mol. The molecule has 86 valence electrons. The molecule has 16 heavy (non-hydrogen) atoms. The maximum atomic E-state index is 12.9. The van der Waals surface area contributed by atoms with Gasteiger partial charge in [0.1, 0.15) is 0 Å². The molecule has 1 rings (SSSR count). The van der Waals surface area contributed by atoms with E-state index >= 15 is 0 Å². The first-order valence-electron chi connectivity index (χ1n) is 4.56. The molecule has 2 nitrogen and oxygen atoms in total. The summed E-state index contributed by atoms with van der Waals surface area (Å²) in [5.41, 5.74) is 11.9. The number of alkyl halides is 2. The summed E-state index contributed by atoms with van der Waals surface area (Å²) in [5.74, 6) is -2.85. The molecule has 0 aliphatic rings. The summed E-state index contributed by atoms with van der Waals surface area (Å²) in [6, 6.07) is 5.68. The topological polar surface area (TPSA) is 52.0 Å². The lowest BCUT2D eigenvalue weighted by molar-refractivity contribution is 0.0175. The number of hydrogen-bond acceptors (Lipinski definition) is 2. The molecule has 1 aromatic rings. The van der Waals surface area contributed by atoms with E-state index in [4.69, 9.17) is 11.5 Å². The van der Waals surface area contributed by atoms with Crippen molar-refractivity contribution < 1.29 is 8.78 Å². The Bertz CT molecular complexity index is 419. The number of thiocarbonyl (C=S) groups is 1. The Morgan fingerprint density at radius 3 is 2.12 bits per heavy atom. The van der Waals surface area contributed by atoms with Gasteiger partial charge in [0.05, 0.1) is 4.99 Å². The van der Waals surface area contributed by atoms with Gasteiger partial charge in [0.15, 0.2) is 0 Å². The van der Waals surface area contributed by atoms with E-state index in [1.807, 2.05) is 0 Å². The van der Waals surface area contributed by atoms with Crippen molar-refractivity contribution in [3.05, 3.63) is 41.5 Å². The minimum absolute atomic E-state index is 0.0561. The van der Waals surface area contributed by atoms with Crippen molar-refractivity contribution in [2.24, 2.45) is 11.5 Å². The summed E-state index contributed by atoms with van der Waals surface area (Å²) in [6.45, 7) is 0.843. The molecular formula is C11H12F2N2S. The van der Waals surface area contributed by atoms with Gasteiger partial charge in [-0.2, -0.15) is 0 Å². The van der Waals surface area contributed by atoms with Gasteiger partial charge in [-0.05, 0) is 11.6 Å². The molecule has 0 bridgehead atoms. The predicted octanol–water partition coefficient (Wildman–Crippen LogP) is 2.38. The second-order valence-corrected chi connectivity index (χ2v) is 3.94. The zero-order valence-electron chi connectivity index (χ0n) is 8.71. The molecule has 0 aromatic heterocycles. The molecule has 0 aliphatic carbocycles. The number of nitrogens with two attached hydrogens (primary N) is 2. The summed E-state index contributed by atoms with van der Waals surface area (Å²) >= 11 is 4.66. The van der Waals surface area contributed by atoms with Crippen LogP contribution in [-0.4, -0.2) is 4.99 Å². The first-order chi connectivity index (χ1) is 7.30. The molecule has 0 saturated carbocycles. The summed E-state index contributed by atoms with van der Waals surface area (Å²) in [7, 11) is 0. The van der Waals surface area contributed by atoms with Crippen LogP contribution >= 0.6 is 12.2 Å². The molecule has 0 radical (unpaired) electrons. The molecule has 5 heteroatoms. The number of hydrogen-bond donors (Lipinski definition) is 2. The SMILES string of the molecule is CC(F)(F)c1ccc(C(N)=CC(N)=S)cc1. The average molecular weight is 242 g/mol. The van der Waals surface area contributed by atoms with Gasteiger partial charge >= 0.3 is 0 Å². The first-order valence-corrected chi connectivity index (χ1v) is 4.97. The zero-order chi connectivity index (χ0) is 12.3. The molecule has 4 N–H and O–H groups in total. The van der Waals surface area contributed by atoms with Crippen molar-refractivity contribution in [1.29, 1.82) is 0 Å². The fourth-order valence-electron chi connectivity index (χ4n) is 1.19. The third-order valence-electron chi connectivity index (χ3n) is 2.02. The van der Waals surface area contributed by atoms with Crippen LogP contribution in [0, 0.1) is 0 Å².